The second-order valence-corrected chi connectivity index (χ2v) is 7.26. The molecule has 8 heteroatoms. The highest BCUT2D eigenvalue weighted by Gasteiger charge is 2.15. The van der Waals surface area contributed by atoms with Gasteiger partial charge in [0.2, 0.25) is 0 Å². The Balaban J connectivity index is 1.66. The summed E-state index contributed by atoms with van der Waals surface area (Å²) >= 11 is 5.88. The number of aromatic carboxylic acids is 1. The first-order valence-electron chi connectivity index (χ1n) is 9.36. The SMILES string of the molecule is Cc1c(N=Cc2ccc(-c3ccc(Cl)c(C(=O)[O-])c3)o2)c(=O)n(-c2ccccc2)n1C. The molecule has 0 aliphatic carbocycles. The van der Waals surface area contributed by atoms with Gasteiger partial charge in [0.25, 0.3) is 5.56 Å². The number of rotatable bonds is 5. The molecule has 7 nitrogen and oxygen atoms in total. The van der Waals surface area contributed by atoms with E-state index in [0.717, 1.165) is 5.69 Å². The van der Waals surface area contributed by atoms with Crippen molar-refractivity contribution in [3.63, 3.8) is 0 Å². The Kier molecular flexibility index (Phi) is 5.35. The highest BCUT2D eigenvalue weighted by molar-refractivity contribution is 6.33. The summed E-state index contributed by atoms with van der Waals surface area (Å²) in [5, 5.41) is 11.3. The number of halogens is 1. The van der Waals surface area contributed by atoms with Crippen molar-refractivity contribution in [1.82, 2.24) is 9.36 Å². The third-order valence-electron chi connectivity index (χ3n) is 4.94. The number of carboxylic acids is 1. The van der Waals surface area contributed by atoms with Crippen LogP contribution in [0, 0.1) is 6.92 Å². The first-order valence-corrected chi connectivity index (χ1v) is 9.74. The van der Waals surface area contributed by atoms with E-state index >= 15 is 0 Å². The number of hydrogen-bond donors (Lipinski definition) is 0. The lowest BCUT2D eigenvalue weighted by atomic mass is 10.1. The molecule has 0 atom stereocenters. The maximum absolute atomic E-state index is 12.9. The maximum Gasteiger partial charge on any atom is 0.297 e. The van der Waals surface area contributed by atoms with Crippen LogP contribution in [-0.4, -0.2) is 21.5 Å². The highest BCUT2D eigenvalue weighted by Crippen LogP contribution is 2.26. The average molecular weight is 435 g/mol. The second kappa shape index (κ2) is 8.12. The van der Waals surface area contributed by atoms with Gasteiger partial charge in [0.15, 0.2) is 5.69 Å². The molecule has 0 fully saturated rings. The lowest BCUT2D eigenvalue weighted by Gasteiger charge is -2.07. The molecule has 0 N–H and O–H groups in total. The molecule has 0 radical (unpaired) electrons. The molecule has 31 heavy (non-hydrogen) atoms. The molecular weight excluding hydrogens is 418 g/mol. The van der Waals surface area contributed by atoms with Crippen LogP contribution in [0.4, 0.5) is 5.69 Å². The van der Waals surface area contributed by atoms with Crippen molar-refractivity contribution in [2.45, 2.75) is 6.92 Å². The van der Waals surface area contributed by atoms with Crippen molar-refractivity contribution in [1.29, 1.82) is 0 Å². The topological polar surface area (TPSA) is 92.6 Å². The van der Waals surface area contributed by atoms with Gasteiger partial charge in [-0.15, -0.1) is 0 Å². The first kappa shape index (κ1) is 20.4. The lowest BCUT2D eigenvalue weighted by molar-refractivity contribution is -0.255. The van der Waals surface area contributed by atoms with Crippen LogP contribution in [0.2, 0.25) is 5.02 Å². The zero-order valence-electron chi connectivity index (χ0n) is 16.7. The molecule has 0 bridgehead atoms. The van der Waals surface area contributed by atoms with Crippen molar-refractivity contribution >= 4 is 29.5 Å². The Morgan fingerprint density at radius 1 is 1.13 bits per heavy atom. The number of para-hydroxylation sites is 1. The minimum absolute atomic E-state index is 0.0892. The summed E-state index contributed by atoms with van der Waals surface area (Å²) in [6.45, 7) is 1.82. The van der Waals surface area contributed by atoms with Crippen LogP contribution in [0.3, 0.4) is 0 Å². The Morgan fingerprint density at radius 2 is 1.87 bits per heavy atom. The maximum atomic E-state index is 12.9. The number of furan rings is 1. The zero-order chi connectivity index (χ0) is 22.1. The molecule has 0 aliphatic rings. The summed E-state index contributed by atoms with van der Waals surface area (Å²) < 4.78 is 9.04. The van der Waals surface area contributed by atoms with Gasteiger partial charge in [-0.05, 0) is 49.4 Å². The minimum Gasteiger partial charge on any atom is -0.545 e. The van der Waals surface area contributed by atoms with E-state index in [0.29, 0.717) is 28.5 Å². The van der Waals surface area contributed by atoms with E-state index in [2.05, 4.69) is 4.99 Å². The molecule has 0 amide bonds. The summed E-state index contributed by atoms with van der Waals surface area (Å²) in [5.74, 6) is -0.518. The molecular formula is C23H17ClN3O4-. The number of carbonyl (C=O) groups excluding carboxylic acids is 1. The number of benzene rings is 2. The highest BCUT2D eigenvalue weighted by atomic mass is 35.5. The van der Waals surface area contributed by atoms with Crippen molar-refractivity contribution in [3.8, 4) is 17.0 Å². The Bertz CT molecular complexity index is 1360. The third kappa shape index (κ3) is 3.83. The average Bonchev–Trinajstić information content (AvgIpc) is 3.31. The van der Waals surface area contributed by atoms with E-state index in [4.69, 9.17) is 16.0 Å². The number of aliphatic imine (C=N–C) groups is 1. The second-order valence-electron chi connectivity index (χ2n) is 6.85. The monoisotopic (exact) mass is 434 g/mol. The van der Waals surface area contributed by atoms with E-state index in [1.165, 1.54) is 18.3 Å². The number of hydrogen-bond acceptors (Lipinski definition) is 5. The normalized spacial score (nSPS) is 11.3. The molecule has 0 saturated heterocycles. The summed E-state index contributed by atoms with van der Waals surface area (Å²) in [5.41, 5.74) is 1.91. The summed E-state index contributed by atoms with van der Waals surface area (Å²) in [7, 11) is 1.79. The summed E-state index contributed by atoms with van der Waals surface area (Å²) in [4.78, 5) is 28.5. The van der Waals surface area contributed by atoms with E-state index in [9.17, 15) is 14.7 Å². The van der Waals surface area contributed by atoms with E-state index in [1.807, 2.05) is 37.3 Å². The largest absolute Gasteiger partial charge is 0.545 e. The van der Waals surface area contributed by atoms with E-state index < -0.39 is 5.97 Å². The van der Waals surface area contributed by atoms with Crippen molar-refractivity contribution in [2.75, 3.05) is 0 Å². The van der Waals surface area contributed by atoms with Gasteiger partial charge in [-0.2, -0.15) is 0 Å². The molecule has 2 heterocycles. The van der Waals surface area contributed by atoms with E-state index in [-0.39, 0.29) is 16.1 Å². The molecule has 2 aromatic heterocycles. The molecule has 0 unspecified atom stereocenters. The van der Waals surface area contributed by atoms with Crippen LogP contribution >= 0.6 is 11.6 Å². The fourth-order valence-corrected chi connectivity index (χ4v) is 3.44. The lowest BCUT2D eigenvalue weighted by Crippen LogP contribution is -2.22. The molecule has 0 saturated carbocycles. The predicted octanol–water partition coefficient (Wildman–Crippen LogP) is 3.51. The molecule has 0 spiro atoms. The van der Waals surface area contributed by atoms with Crippen LogP contribution in [-0.2, 0) is 7.05 Å². The minimum atomic E-state index is -1.37. The van der Waals surface area contributed by atoms with Crippen molar-refractivity contribution in [3.05, 3.63) is 93.1 Å². The van der Waals surface area contributed by atoms with Gasteiger partial charge in [-0.1, -0.05) is 29.8 Å². The Labute approximate surface area is 182 Å². The third-order valence-corrected chi connectivity index (χ3v) is 5.27. The van der Waals surface area contributed by atoms with Crippen LogP contribution in [0.1, 0.15) is 21.8 Å². The van der Waals surface area contributed by atoms with Crippen LogP contribution in [0.25, 0.3) is 17.0 Å². The van der Waals surface area contributed by atoms with Gasteiger partial charge in [-0.3, -0.25) is 9.48 Å². The van der Waals surface area contributed by atoms with Gasteiger partial charge in [0.05, 0.1) is 23.6 Å². The van der Waals surface area contributed by atoms with E-state index in [1.54, 1.807) is 34.6 Å². The first-order chi connectivity index (χ1) is 14.9. The predicted molar refractivity (Wildman–Crippen MR) is 116 cm³/mol. The smallest absolute Gasteiger partial charge is 0.297 e. The standard InChI is InChI=1S/C23H18ClN3O4/c1-14-21(22(28)27(26(14)2)16-6-4-3-5-7-16)25-13-17-9-11-20(31-17)15-8-10-19(24)18(12-15)23(29)30/h3-13H,1-2H3,(H,29,30)/p-1. The fraction of sp³-hybridized carbons (Fsp3) is 0.0870. The quantitative estimate of drug-likeness (QED) is 0.449. The Hall–Kier alpha value is -3.84. The van der Waals surface area contributed by atoms with Crippen LogP contribution in [0.5, 0.6) is 0 Å². The molecule has 2 aromatic carbocycles. The molecule has 156 valence electrons. The van der Waals surface area contributed by atoms with Gasteiger partial charge < -0.3 is 14.3 Å². The fourth-order valence-electron chi connectivity index (χ4n) is 3.24. The molecule has 4 aromatic rings. The van der Waals surface area contributed by atoms with Gasteiger partial charge in [-0.25, -0.2) is 9.67 Å². The van der Waals surface area contributed by atoms with Gasteiger partial charge >= 0.3 is 0 Å². The number of carboxylic acid groups (broad SMARTS) is 1. The van der Waals surface area contributed by atoms with Crippen molar-refractivity contribution < 1.29 is 14.3 Å². The molecule has 4 rings (SSSR count). The van der Waals surface area contributed by atoms with Crippen LogP contribution in [0.15, 0.2) is 74.9 Å². The van der Waals surface area contributed by atoms with Crippen LogP contribution < -0.4 is 10.7 Å². The van der Waals surface area contributed by atoms with Gasteiger partial charge in [0.1, 0.15) is 11.5 Å². The van der Waals surface area contributed by atoms with Gasteiger partial charge in [0, 0.05) is 23.2 Å². The summed E-state index contributed by atoms with van der Waals surface area (Å²) in [6, 6.07) is 17.2. The molecule has 0 aliphatic heterocycles. The van der Waals surface area contributed by atoms with Crippen molar-refractivity contribution in [2.24, 2.45) is 12.0 Å². The number of nitrogens with zero attached hydrogens (tertiary/aromatic N) is 3. The number of carbonyl (C=O) groups is 1. The Morgan fingerprint density at radius 3 is 2.58 bits per heavy atom. The number of aromatic nitrogens is 2. The summed E-state index contributed by atoms with van der Waals surface area (Å²) in [6.07, 6.45) is 1.46. The zero-order valence-corrected chi connectivity index (χ0v) is 17.5.